The lowest BCUT2D eigenvalue weighted by Gasteiger charge is -2.33. The van der Waals surface area contributed by atoms with E-state index in [9.17, 15) is 73.5 Å². The van der Waals surface area contributed by atoms with Crippen LogP contribution in [0.4, 0.5) is 0 Å². The second-order valence-electron chi connectivity index (χ2n) is 28.7. The molecule has 31 nitrogen and oxygen atoms in total. The molecule has 1 unspecified atom stereocenters. The van der Waals surface area contributed by atoms with Gasteiger partial charge in [0, 0.05) is 30.2 Å². The highest BCUT2D eigenvalue weighted by atomic mass is 32.5. The summed E-state index contributed by atoms with van der Waals surface area (Å²) in [5.74, 6) is 1.43. The van der Waals surface area contributed by atoms with E-state index in [0.717, 1.165) is 47.2 Å². The minimum atomic E-state index is -3.48. The van der Waals surface area contributed by atoms with Crippen molar-refractivity contribution in [3.63, 3.8) is 0 Å². The van der Waals surface area contributed by atoms with Gasteiger partial charge in [0.15, 0.2) is 35.2 Å². The molecule has 7 aliphatic heterocycles. The molecule has 0 bridgehead atoms. The summed E-state index contributed by atoms with van der Waals surface area (Å²) < 4.78 is 66.4. The third-order valence-corrected chi connectivity index (χ3v) is 22.6. The lowest BCUT2D eigenvalue weighted by molar-refractivity contribution is -0.156. The summed E-state index contributed by atoms with van der Waals surface area (Å²) in [4.78, 5) is 122. The van der Waals surface area contributed by atoms with Crippen LogP contribution in [0.15, 0.2) is 176 Å². The molecule has 21 atom stereocenters. The quantitative estimate of drug-likeness (QED) is 0.0117. The number of terminal acetylenes is 3. The molecule has 0 spiro atoms. The Morgan fingerprint density at radius 1 is 0.567 bits per heavy atom. The minimum Gasteiger partial charge on any atom is -0.462 e. The SMILES string of the molecule is C#C[C@@]1(O)[C@H](O)[C@@H](CO)O[C@@H]1N1C=CC(=O)CC1=O.C#C[C@@]1(O)[C@H](O)[C@@H](COP(=S)(N[C@@H](C)C(=O)OC(C)C)Oc2ccccc2)O[C@H]1N1C=CC(=O)CC1=O.C#C[C@]1(OC(=O)c2ccccc2)[C@@H](OC(=O)c2ccccc2)O[C@H](CC)[C@H]1C.CC[C@H]1O[C@H](OC(=O)c2ccccc2)C(=O)[C@@H]1C.CC[C@H]1O[C@H](OC(=O)c2ccccc2)[C@H](O)[C@@H]1C. The Kier molecular flexibility index (Phi) is 34.1. The molecule has 120 heavy (non-hydrogen) atoms. The fraction of sp³-hybridized carbons (Fsp3) is 0.425. The predicted molar refractivity (Wildman–Crippen MR) is 431 cm³/mol. The van der Waals surface area contributed by atoms with E-state index in [2.05, 4.69) is 16.9 Å². The van der Waals surface area contributed by atoms with Gasteiger partial charge in [0.1, 0.15) is 42.3 Å². The number of aliphatic hydroxyl groups is 6. The van der Waals surface area contributed by atoms with Crippen LogP contribution < -0.4 is 9.61 Å². The Hall–Kier alpha value is -10.5. The number of para-hydroxylation sites is 1. The number of amides is 2. The predicted octanol–water partition coefficient (Wildman–Crippen LogP) is 6.75. The number of carbonyl (C=O) groups is 10. The number of hydrogen-bond donors (Lipinski definition) is 7. The van der Waals surface area contributed by atoms with E-state index in [4.69, 9.17) is 92.6 Å². The largest absolute Gasteiger partial charge is 0.462 e. The molecule has 2 amide bonds. The van der Waals surface area contributed by atoms with E-state index < -0.39 is 158 Å². The Morgan fingerprint density at radius 2 is 1.00 bits per heavy atom. The number of Topliss-reactive ketones (excluding diaryl/α,β-unsaturated/α-hetero) is 1. The number of rotatable bonds is 23. The summed E-state index contributed by atoms with van der Waals surface area (Å²) >= 11 is 5.63. The third-order valence-electron chi connectivity index (χ3n) is 20.1. The van der Waals surface area contributed by atoms with Gasteiger partial charge in [-0.15, -0.1) is 19.3 Å². The average molecular weight is 1700 g/mol. The number of esters is 5. The van der Waals surface area contributed by atoms with E-state index in [1.807, 2.05) is 52.7 Å². The number of hydrogen-bond acceptors (Lipinski definition) is 29. The molecule has 12 rings (SSSR count). The number of nitrogens with one attached hydrogen (secondary N) is 1. The molecule has 5 saturated heterocycles. The second-order valence-corrected chi connectivity index (χ2v) is 31.9. The molecule has 7 heterocycles. The van der Waals surface area contributed by atoms with Crippen LogP contribution in [0.1, 0.15) is 136 Å². The first-order valence-corrected chi connectivity index (χ1v) is 41.2. The molecule has 0 radical (unpaired) electrons. The molecule has 5 aromatic carbocycles. The molecule has 7 aliphatic rings. The molecular weight excluding hydrogens is 1600 g/mol. The molecule has 0 aromatic heterocycles. The van der Waals surface area contributed by atoms with Crippen molar-refractivity contribution in [3.8, 4) is 42.8 Å². The van der Waals surface area contributed by atoms with Crippen molar-refractivity contribution < 1.29 is 135 Å². The van der Waals surface area contributed by atoms with Crippen molar-refractivity contribution in [2.45, 2.75) is 204 Å². The number of ketones is 3. The van der Waals surface area contributed by atoms with Gasteiger partial charge >= 0.3 is 36.5 Å². The number of aliphatic hydroxyl groups excluding tert-OH is 4. The maximum atomic E-state index is 12.7. The first kappa shape index (κ1) is 95.0. The number of nitrogens with zero attached hydrogens (tertiary/aromatic N) is 2. The van der Waals surface area contributed by atoms with Gasteiger partial charge in [0.25, 0.3) is 12.6 Å². The highest BCUT2D eigenvalue weighted by Crippen LogP contribution is 2.48. The first-order valence-electron chi connectivity index (χ1n) is 38.5. The van der Waals surface area contributed by atoms with Crippen molar-refractivity contribution in [1.29, 1.82) is 0 Å². The van der Waals surface area contributed by atoms with E-state index in [1.54, 1.807) is 160 Å². The standard InChI is InChI=1S/C24H29N2O9PS.C23H22O5.C14H18O4.C14H16O4.C12H13NO6/c1-5-24(31)21(29)19(34-23(24)26-12-11-17(27)13-20(26)28)14-32-36(37,35-18-9-7-6-8-10-18)25-16(4)22(30)33-15(2)3;1-4-19-16(3)23(5-2,28-21(25)18-14-10-7-11-15-18)22(26-19)27-20(24)17-12-8-6-9-13-17;2*1-3-11-9(2)12(15)14(17-11)18-13(16)10-7-5-4-6-8-10;1-2-12(18)10(17)8(6-14)19-11(12)13-4-3-7(15)5-9(13)16/h1,6-12,15-16,19,21,23,29,31H,13-14H2,2-4H3,(H,25,37);2,6-16,19,22H,4H2,1,3H3;4-9,11-12,14-15H,3H2,1-2H3;4-9,11,14H,3H2,1-2H3;1,3-4,8,10-11,14,17-18H,5-6H2/t16-,19+,21+,23+,24+,36?;16-,19-,22-,23-;9-,11-,12-,14-;9-,11-,14-;8-,10-,11+,12-/m01111/s1. The van der Waals surface area contributed by atoms with Gasteiger partial charge in [-0.3, -0.25) is 38.6 Å². The zero-order valence-electron chi connectivity index (χ0n) is 67.2. The smallest absolute Gasteiger partial charge is 0.340 e. The van der Waals surface area contributed by atoms with E-state index in [1.165, 1.54) is 6.92 Å². The van der Waals surface area contributed by atoms with Gasteiger partial charge in [-0.2, -0.15) is 0 Å². The van der Waals surface area contributed by atoms with Crippen LogP contribution in [0.25, 0.3) is 0 Å². The molecule has 0 aliphatic carbocycles. The summed E-state index contributed by atoms with van der Waals surface area (Å²) in [6.45, 7) is 11.9. The maximum Gasteiger partial charge on any atom is 0.340 e. The van der Waals surface area contributed by atoms with Gasteiger partial charge in [0.2, 0.25) is 29.5 Å². The fourth-order valence-corrected chi connectivity index (χ4v) is 15.6. The van der Waals surface area contributed by atoms with Crippen molar-refractivity contribution in [3.05, 3.63) is 198 Å². The molecular formula is C87H98N3O28PS. The van der Waals surface area contributed by atoms with Crippen LogP contribution in [0.2, 0.25) is 0 Å². The second kappa shape index (κ2) is 43.1. The zero-order chi connectivity index (χ0) is 88.0. The van der Waals surface area contributed by atoms with Crippen molar-refractivity contribution in [1.82, 2.24) is 14.9 Å². The lowest BCUT2D eigenvalue weighted by Crippen LogP contribution is -2.55. The number of allylic oxidation sites excluding steroid dienone is 2. The summed E-state index contributed by atoms with van der Waals surface area (Å²) in [5, 5.41) is 63.7. The average Bonchev–Trinajstić information content (AvgIpc) is 1.60. The van der Waals surface area contributed by atoms with Crippen LogP contribution in [-0.2, 0) is 92.5 Å². The first-order chi connectivity index (χ1) is 57.1. The van der Waals surface area contributed by atoms with Crippen LogP contribution in [0.3, 0.4) is 0 Å². The Labute approximate surface area is 699 Å². The van der Waals surface area contributed by atoms with Crippen LogP contribution >= 0.6 is 6.64 Å². The van der Waals surface area contributed by atoms with E-state index >= 15 is 0 Å². The summed E-state index contributed by atoms with van der Waals surface area (Å²) in [5.41, 5.74) is -4.37. The van der Waals surface area contributed by atoms with Crippen molar-refractivity contribution in [2.75, 3.05) is 13.2 Å². The molecule has 5 aromatic rings. The molecule has 7 N–H and O–H groups in total. The number of ether oxygens (including phenoxy) is 10. The summed E-state index contributed by atoms with van der Waals surface area (Å²) in [7, 11) is 0. The maximum absolute atomic E-state index is 12.7. The molecule has 0 saturated carbocycles. The Bertz CT molecular complexity index is 4640. The van der Waals surface area contributed by atoms with Crippen molar-refractivity contribution in [2.24, 2.45) is 17.8 Å². The Balaban J connectivity index is 0.000000193. The van der Waals surface area contributed by atoms with Gasteiger partial charge in [-0.1, -0.05) is 150 Å². The number of benzene rings is 5. The van der Waals surface area contributed by atoms with Gasteiger partial charge in [-0.25, -0.2) is 24.3 Å². The summed E-state index contributed by atoms with van der Waals surface area (Å²) in [6, 6.07) is 41.9. The van der Waals surface area contributed by atoms with Gasteiger partial charge < -0.3 is 87.1 Å². The number of carbonyl (C=O) groups excluding carboxylic acids is 10. The third kappa shape index (κ3) is 23.1. The van der Waals surface area contributed by atoms with E-state index in [0.29, 0.717) is 34.4 Å². The zero-order valence-corrected chi connectivity index (χ0v) is 68.9. The van der Waals surface area contributed by atoms with Crippen LogP contribution in [0.5, 0.6) is 5.75 Å². The normalized spacial score (nSPS) is 29.7. The van der Waals surface area contributed by atoms with Crippen molar-refractivity contribution >= 4 is 77.5 Å². The topological polar surface area (TPSA) is 421 Å². The minimum absolute atomic E-state index is 0.0245. The van der Waals surface area contributed by atoms with Crippen LogP contribution in [0, 0.1) is 54.8 Å². The van der Waals surface area contributed by atoms with Gasteiger partial charge in [0.05, 0.1) is 72.7 Å². The monoisotopic (exact) mass is 1700 g/mol. The lowest BCUT2D eigenvalue weighted by atomic mass is 9.86. The van der Waals surface area contributed by atoms with Crippen LogP contribution in [-0.4, -0.2) is 222 Å². The highest BCUT2D eigenvalue weighted by molar-refractivity contribution is 8.09. The Morgan fingerprint density at radius 3 is 1.42 bits per heavy atom. The van der Waals surface area contributed by atoms with E-state index in [-0.39, 0.29) is 60.2 Å². The molecule has 640 valence electrons. The summed E-state index contributed by atoms with van der Waals surface area (Å²) in [6.07, 6.45) is 9.27. The van der Waals surface area contributed by atoms with Gasteiger partial charge in [-0.05, 0) is 125 Å². The molecule has 33 heteroatoms. The highest BCUT2D eigenvalue weighted by Gasteiger charge is 2.61. The fourth-order valence-electron chi connectivity index (χ4n) is 13.2. The molecule has 5 fully saturated rings.